The van der Waals surface area contributed by atoms with Gasteiger partial charge in [-0.25, -0.2) is 0 Å². The molecule has 0 unspecified atom stereocenters. The predicted octanol–water partition coefficient (Wildman–Crippen LogP) is 16.3. The quantitative estimate of drug-likeness (QED) is 0.155. The number of hydrogen-bond acceptors (Lipinski definition) is 4. The molecule has 0 radical (unpaired) electrons. The van der Waals surface area contributed by atoms with Gasteiger partial charge >= 0.3 is 426 Å². The molecule has 0 spiro atoms. The van der Waals surface area contributed by atoms with Crippen molar-refractivity contribution in [3.05, 3.63) is 218 Å². The summed E-state index contributed by atoms with van der Waals surface area (Å²) in [6.45, 7) is 0. The summed E-state index contributed by atoms with van der Waals surface area (Å²) in [7, 11) is 0. The van der Waals surface area contributed by atoms with Crippen molar-refractivity contribution < 1.29 is 8.83 Å². The summed E-state index contributed by atoms with van der Waals surface area (Å²) in [5.41, 5.74) is 15.9. The van der Waals surface area contributed by atoms with Gasteiger partial charge in [-0.05, 0) is 0 Å². The third-order valence-corrected chi connectivity index (χ3v) is 31.0. The number of rotatable bonds is 6. The second kappa shape index (κ2) is 15.4. The second-order valence-corrected chi connectivity index (χ2v) is 39.0. The Bertz CT molecular complexity index is 4130. The van der Waals surface area contributed by atoms with Gasteiger partial charge in [0.05, 0.1) is 0 Å². The third kappa shape index (κ3) is 6.06. The normalized spacial score (nSPS) is 14.1. The Morgan fingerprint density at radius 1 is 0.292 bits per heavy atom. The van der Waals surface area contributed by atoms with Gasteiger partial charge in [-0.3, -0.25) is 0 Å². The average Bonchev–Trinajstić information content (AvgIpc) is 4.08. The molecule has 0 N–H and O–H groups in total. The van der Waals surface area contributed by atoms with Gasteiger partial charge in [0.2, 0.25) is 0 Å². The first-order valence-electron chi connectivity index (χ1n) is 25.1. The minimum atomic E-state index is -2.50. The third-order valence-electron chi connectivity index (χ3n) is 16.1. The van der Waals surface area contributed by atoms with E-state index in [0.29, 0.717) is 0 Å². The van der Waals surface area contributed by atoms with E-state index in [9.17, 15) is 0 Å². The summed E-state index contributed by atoms with van der Waals surface area (Å²) in [5, 5.41) is 8.84. The van der Waals surface area contributed by atoms with Gasteiger partial charge in [-0.2, -0.15) is 0 Å². The summed E-state index contributed by atoms with van der Waals surface area (Å²) in [5.74, 6) is 10.1. The number of anilines is 6. The van der Waals surface area contributed by atoms with Crippen molar-refractivity contribution in [3.8, 4) is 22.3 Å². The van der Waals surface area contributed by atoms with Crippen LogP contribution in [-0.4, -0.2) is 26.5 Å². The van der Waals surface area contributed by atoms with Gasteiger partial charge in [-0.15, -0.1) is 0 Å². The number of fused-ring (bicyclic) bond motifs is 14. The molecule has 2 aliphatic rings. The van der Waals surface area contributed by atoms with E-state index in [1.807, 2.05) is 0 Å². The molecule has 4 heterocycles. The Kier molecular flexibility index (Phi) is 8.95. The minimum absolute atomic E-state index is 0.853. The molecule has 4 nitrogen and oxygen atoms in total. The number of para-hydroxylation sites is 2. The Hall–Kier alpha value is -7.77. The van der Waals surface area contributed by atoms with Gasteiger partial charge in [0, 0.05) is 0 Å². The van der Waals surface area contributed by atoms with E-state index < -0.39 is 26.5 Å². The zero-order valence-electron chi connectivity index (χ0n) is 40.5. The first-order valence-corrected chi connectivity index (χ1v) is 37.7. The average molecular weight is 1050 g/mol. The maximum atomic E-state index is 6.81. The monoisotopic (exact) mass is 1050 g/mol. The van der Waals surface area contributed by atoms with Crippen molar-refractivity contribution in [2.75, 3.05) is 9.80 Å². The van der Waals surface area contributed by atoms with Crippen LogP contribution in [0.25, 0.3) is 87.7 Å². The molecular weight excluding hydrogens is 998 g/mol. The molecule has 0 atom stereocenters. The van der Waals surface area contributed by atoms with Crippen molar-refractivity contribution in [3.63, 3.8) is 0 Å². The Morgan fingerprint density at radius 3 is 1.11 bits per heavy atom. The maximum absolute atomic E-state index is 6.81. The zero-order valence-corrected chi connectivity index (χ0v) is 44.7. The SMILES string of the molecule is [CH3][Ge]1([CH3])[c]2ccccc2-c2c(N(c3ccccc3)c3ccc4cc5c(cc4c3)oc3cc4c(cc35)oc3cc5cc(N(c6ccccc6)c6ccc[c]7c6-c6cccc[c]6[Ge]7([CH3])[CH3])ccc5cc34)ccc[c]21. The Labute approximate surface area is 423 Å². The van der Waals surface area contributed by atoms with Crippen LogP contribution in [0, 0.1) is 0 Å². The van der Waals surface area contributed by atoms with E-state index in [4.69, 9.17) is 8.83 Å². The van der Waals surface area contributed by atoms with E-state index in [-0.39, 0.29) is 0 Å². The summed E-state index contributed by atoms with van der Waals surface area (Å²) in [6, 6.07) is 80.8. The zero-order chi connectivity index (χ0) is 48.0. The van der Waals surface area contributed by atoms with Crippen LogP contribution >= 0.6 is 0 Å². The van der Waals surface area contributed by atoms with Gasteiger partial charge < -0.3 is 0 Å². The molecule has 342 valence electrons. The molecule has 15 rings (SSSR count). The van der Waals surface area contributed by atoms with Gasteiger partial charge in [0.25, 0.3) is 0 Å². The molecule has 13 aromatic rings. The molecule has 0 aliphatic carbocycles. The number of furan rings is 2. The van der Waals surface area contributed by atoms with Crippen LogP contribution in [0.2, 0.25) is 23.0 Å². The molecule has 0 bridgehead atoms. The van der Waals surface area contributed by atoms with Crippen molar-refractivity contribution >= 4 is 144 Å². The summed E-state index contributed by atoms with van der Waals surface area (Å²) < 4.78 is 19.8. The first-order chi connectivity index (χ1) is 35.2. The molecule has 11 aromatic carbocycles. The van der Waals surface area contributed by atoms with Crippen LogP contribution in [0.3, 0.4) is 0 Å². The van der Waals surface area contributed by atoms with Crippen LogP contribution in [0.5, 0.6) is 0 Å². The van der Waals surface area contributed by atoms with Crippen molar-refractivity contribution in [1.29, 1.82) is 0 Å². The molecule has 0 fully saturated rings. The standard InChI is InChI=1S/C66H48Ge2N2O2/c1-67(2)55-23-13-11-21-49(55)65-57(67)25-15-27-59(65)69(45-17-7-5-8-18-45)47-31-29-41-35-51-53-39-64-54(40-63(53)71-61(51)37-43(41)33-47)52-36-42-30-32-48(34-44(42)38-62(52)72-64)70(46-19-9-6-10-20-46)60-28-16-26-58-66(60)50-22-12-14-24-56(50)68(58,3)4/h5-40H,1-4H3. The van der Waals surface area contributed by atoms with Crippen LogP contribution in [-0.2, 0) is 0 Å². The second-order valence-electron chi connectivity index (χ2n) is 20.9. The molecule has 2 aliphatic heterocycles. The van der Waals surface area contributed by atoms with Crippen molar-refractivity contribution in [2.45, 2.75) is 23.0 Å². The first kappa shape index (κ1) is 42.0. The number of hydrogen-bond donors (Lipinski definition) is 0. The van der Waals surface area contributed by atoms with E-state index in [1.165, 1.54) is 42.4 Å². The number of nitrogens with zero attached hydrogens (tertiary/aromatic N) is 2. The van der Waals surface area contributed by atoms with Crippen molar-refractivity contribution in [1.82, 2.24) is 0 Å². The van der Waals surface area contributed by atoms with Crippen LogP contribution in [0.15, 0.2) is 227 Å². The van der Waals surface area contributed by atoms with E-state index in [0.717, 1.165) is 88.2 Å². The fraction of sp³-hybridized carbons (Fsp3) is 0.0606. The molecule has 0 saturated heterocycles. The molecule has 72 heavy (non-hydrogen) atoms. The Balaban J connectivity index is 0.832. The fourth-order valence-corrected chi connectivity index (χ4v) is 25.6. The van der Waals surface area contributed by atoms with Gasteiger partial charge in [-0.1, -0.05) is 0 Å². The summed E-state index contributed by atoms with van der Waals surface area (Å²) in [4.78, 5) is 4.89. The molecule has 6 heteroatoms. The predicted molar refractivity (Wildman–Crippen MR) is 310 cm³/mol. The molecule has 2 aromatic heterocycles. The topological polar surface area (TPSA) is 32.8 Å². The van der Waals surface area contributed by atoms with Gasteiger partial charge in [0.15, 0.2) is 0 Å². The van der Waals surface area contributed by atoms with Crippen molar-refractivity contribution in [2.24, 2.45) is 0 Å². The van der Waals surface area contributed by atoms with E-state index >= 15 is 0 Å². The van der Waals surface area contributed by atoms with Crippen LogP contribution in [0.4, 0.5) is 34.1 Å². The van der Waals surface area contributed by atoms with Crippen LogP contribution in [0.1, 0.15) is 0 Å². The number of benzene rings is 11. The van der Waals surface area contributed by atoms with Gasteiger partial charge in [0.1, 0.15) is 0 Å². The van der Waals surface area contributed by atoms with E-state index in [2.05, 4.69) is 251 Å². The fourth-order valence-electron chi connectivity index (χ4n) is 12.6. The molecule has 0 amide bonds. The molecule has 0 saturated carbocycles. The van der Waals surface area contributed by atoms with Crippen LogP contribution < -0.4 is 27.4 Å². The Morgan fingerprint density at radius 2 is 0.667 bits per heavy atom. The summed E-state index contributed by atoms with van der Waals surface area (Å²) >= 11 is -5.01. The molecular formula is C66H48Ge2N2O2. The van der Waals surface area contributed by atoms with E-state index in [1.54, 1.807) is 8.79 Å². The summed E-state index contributed by atoms with van der Waals surface area (Å²) in [6.07, 6.45) is 0.